The second-order valence-corrected chi connectivity index (χ2v) is 5.28. The van der Waals surface area contributed by atoms with Crippen molar-refractivity contribution in [1.82, 2.24) is 0 Å². The molecule has 0 bridgehead atoms. The van der Waals surface area contributed by atoms with Crippen LogP contribution >= 0.6 is 11.8 Å². The van der Waals surface area contributed by atoms with Crippen molar-refractivity contribution in [2.45, 2.75) is 33.1 Å². The molecule has 1 amide bonds. The van der Waals surface area contributed by atoms with Gasteiger partial charge in [0.1, 0.15) is 0 Å². The van der Waals surface area contributed by atoms with Gasteiger partial charge in [0.2, 0.25) is 5.91 Å². The molecule has 0 aromatic heterocycles. The largest absolute Gasteiger partial charge is 0.325 e. The topological polar surface area (TPSA) is 29.1 Å². The number of benzene rings is 1. The zero-order chi connectivity index (χ0) is 12.5. The Kier molecular flexibility index (Phi) is 6.78. The van der Waals surface area contributed by atoms with Gasteiger partial charge in [-0.3, -0.25) is 4.79 Å². The molecule has 0 saturated carbocycles. The van der Waals surface area contributed by atoms with E-state index in [0.29, 0.717) is 5.75 Å². The van der Waals surface area contributed by atoms with Crippen LogP contribution in [-0.4, -0.2) is 17.4 Å². The zero-order valence-electron chi connectivity index (χ0n) is 10.7. The smallest absolute Gasteiger partial charge is 0.234 e. The first kappa shape index (κ1) is 14.1. The van der Waals surface area contributed by atoms with Crippen LogP contribution in [0.25, 0.3) is 0 Å². The molecule has 0 atom stereocenters. The van der Waals surface area contributed by atoms with Crippen LogP contribution in [0.15, 0.2) is 24.3 Å². The van der Waals surface area contributed by atoms with Crippen LogP contribution in [0.5, 0.6) is 0 Å². The van der Waals surface area contributed by atoms with Gasteiger partial charge in [-0.15, -0.1) is 0 Å². The summed E-state index contributed by atoms with van der Waals surface area (Å²) < 4.78 is 0. The van der Waals surface area contributed by atoms with E-state index in [1.54, 1.807) is 11.8 Å². The number of anilines is 1. The SMILES string of the molecule is CCCCCSCC(=O)Nc1cccc(C)c1. The van der Waals surface area contributed by atoms with E-state index < -0.39 is 0 Å². The first-order valence-electron chi connectivity index (χ1n) is 6.16. The third-order valence-corrected chi connectivity index (χ3v) is 3.47. The molecule has 0 heterocycles. The van der Waals surface area contributed by atoms with E-state index in [0.717, 1.165) is 11.4 Å². The normalized spacial score (nSPS) is 10.2. The van der Waals surface area contributed by atoms with Crippen LogP contribution in [0.2, 0.25) is 0 Å². The zero-order valence-corrected chi connectivity index (χ0v) is 11.5. The fourth-order valence-corrected chi connectivity index (χ4v) is 2.35. The predicted molar refractivity (Wildman–Crippen MR) is 76.7 cm³/mol. The number of amides is 1. The van der Waals surface area contributed by atoms with Crippen molar-refractivity contribution in [2.75, 3.05) is 16.8 Å². The second-order valence-electron chi connectivity index (χ2n) is 4.18. The lowest BCUT2D eigenvalue weighted by atomic mass is 10.2. The molecular weight excluding hydrogens is 230 g/mol. The van der Waals surface area contributed by atoms with E-state index in [2.05, 4.69) is 12.2 Å². The minimum atomic E-state index is 0.0945. The highest BCUT2D eigenvalue weighted by molar-refractivity contribution is 7.99. The molecule has 0 aliphatic heterocycles. The summed E-state index contributed by atoms with van der Waals surface area (Å²) in [6.07, 6.45) is 3.70. The number of hydrogen-bond donors (Lipinski definition) is 1. The van der Waals surface area contributed by atoms with Gasteiger partial charge >= 0.3 is 0 Å². The minimum Gasteiger partial charge on any atom is -0.325 e. The van der Waals surface area contributed by atoms with Crippen LogP contribution < -0.4 is 5.32 Å². The number of thioether (sulfide) groups is 1. The van der Waals surface area contributed by atoms with Crippen LogP contribution in [0.1, 0.15) is 31.7 Å². The lowest BCUT2D eigenvalue weighted by Gasteiger charge is -2.05. The molecule has 3 heteroatoms. The molecule has 1 aromatic carbocycles. The Balaban J connectivity index is 2.21. The quantitative estimate of drug-likeness (QED) is 0.746. The average molecular weight is 251 g/mol. The molecule has 17 heavy (non-hydrogen) atoms. The van der Waals surface area contributed by atoms with Crippen molar-refractivity contribution < 1.29 is 4.79 Å². The third-order valence-electron chi connectivity index (χ3n) is 2.43. The van der Waals surface area contributed by atoms with Gasteiger partial charge in [0.25, 0.3) is 0 Å². The summed E-state index contributed by atoms with van der Waals surface area (Å²) >= 11 is 1.71. The van der Waals surface area contributed by atoms with Gasteiger partial charge in [-0.25, -0.2) is 0 Å². The minimum absolute atomic E-state index is 0.0945. The molecule has 1 N–H and O–H groups in total. The van der Waals surface area contributed by atoms with Crippen molar-refractivity contribution in [1.29, 1.82) is 0 Å². The Morgan fingerprint density at radius 2 is 2.18 bits per heavy atom. The van der Waals surface area contributed by atoms with Crippen molar-refractivity contribution in [3.63, 3.8) is 0 Å². The predicted octanol–water partition coefficient (Wildman–Crippen LogP) is 3.86. The average Bonchev–Trinajstić information content (AvgIpc) is 2.29. The first-order chi connectivity index (χ1) is 8.22. The number of hydrogen-bond acceptors (Lipinski definition) is 2. The number of unbranched alkanes of at least 4 members (excludes halogenated alkanes) is 2. The summed E-state index contributed by atoms with van der Waals surface area (Å²) in [5.74, 6) is 1.73. The highest BCUT2D eigenvalue weighted by Gasteiger charge is 2.02. The Morgan fingerprint density at radius 3 is 2.88 bits per heavy atom. The molecule has 0 unspecified atom stereocenters. The van der Waals surface area contributed by atoms with Crippen molar-refractivity contribution in [3.05, 3.63) is 29.8 Å². The summed E-state index contributed by atoms with van der Waals surface area (Å²) in [6, 6.07) is 7.89. The van der Waals surface area contributed by atoms with E-state index in [1.807, 2.05) is 31.2 Å². The molecule has 2 nitrogen and oxygen atoms in total. The van der Waals surface area contributed by atoms with E-state index in [4.69, 9.17) is 0 Å². The molecule has 0 radical (unpaired) electrons. The van der Waals surface area contributed by atoms with Crippen LogP contribution in [-0.2, 0) is 4.79 Å². The van der Waals surface area contributed by atoms with Crippen molar-refractivity contribution in [3.8, 4) is 0 Å². The summed E-state index contributed by atoms with van der Waals surface area (Å²) in [5, 5.41) is 2.91. The fourth-order valence-electron chi connectivity index (χ4n) is 1.54. The third kappa shape index (κ3) is 6.37. The van der Waals surface area contributed by atoms with Gasteiger partial charge in [0.05, 0.1) is 5.75 Å². The van der Waals surface area contributed by atoms with Gasteiger partial charge in [0.15, 0.2) is 0 Å². The second kappa shape index (κ2) is 8.18. The van der Waals surface area contributed by atoms with Gasteiger partial charge in [-0.05, 0) is 36.8 Å². The summed E-state index contributed by atoms with van der Waals surface area (Å²) in [4.78, 5) is 11.6. The van der Waals surface area contributed by atoms with Gasteiger partial charge < -0.3 is 5.32 Å². The molecular formula is C14H21NOS. The number of rotatable bonds is 7. The molecule has 94 valence electrons. The molecule has 1 rings (SSSR count). The van der Waals surface area contributed by atoms with Crippen LogP contribution in [0.4, 0.5) is 5.69 Å². The summed E-state index contributed by atoms with van der Waals surface area (Å²) in [5.41, 5.74) is 2.06. The Bertz CT molecular complexity index is 352. The number of nitrogens with one attached hydrogen (secondary N) is 1. The van der Waals surface area contributed by atoms with Crippen molar-refractivity contribution in [2.24, 2.45) is 0 Å². The van der Waals surface area contributed by atoms with Gasteiger partial charge in [-0.1, -0.05) is 31.9 Å². The molecule has 0 aliphatic carbocycles. The van der Waals surface area contributed by atoms with Crippen LogP contribution in [0.3, 0.4) is 0 Å². The number of carbonyl (C=O) groups is 1. The first-order valence-corrected chi connectivity index (χ1v) is 7.32. The summed E-state index contributed by atoms with van der Waals surface area (Å²) in [7, 11) is 0. The number of aryl methyl sites for hydroxylation is 1. The lowest BCUT2D eigenvalue weighted by molar-refractivity contribution is -0.113. The molecule has 0 aliphatic rings. The maximum absolute atomic E-state index is 11.6. The Labute approximate surface area is 108 Å². The molecule has 0 saturated heterocycles. The highest BCUT2D eigenvalue weighted by atomic mass is 32.2. The molecule has 1 aromatic rings. The van der Waals surface area contributed by atoms with Crippen molar-refractivity contribution >= 4 is 23.4 Å². The fraction of sp³-hybridized carbons (Fsp3) is 0.500. The van der Waals surface area contributed by atoms with E-state index in [-0.39, 0.29) is 5.91 Å². The number of carbonyl (C=O) groups excluding carboxylic acids is 1. The molecule has 0 spiro atoms. The van der Waals surface area contributed by atoms with Gasteiger partial charge in [0, 0.05) is 5.69 Å². The van der Waals surface area contributed by atoms with Gasteiger partial charge in [-0.2, -0.15) is 11.8 Å². The Hall–Kier alpha value is -0.960. The monoisotopic (exact) mass is 251 g/mol. The molecule has 0 fully saturated rings. The maximum Gasteiger partial charge on any atom is 0.234 e. The standard InChI is InChI=1S/C14H21NOS/c1-3-4-5-9-17-11-14(16)15-13-8-6-7-12(2)10-13/h6-8,10H,3-5,9,11H2,1-2H3,(H,15,16). The highest BCUT2D eigenvalue weighted by Crippen LogP contribution is 2.11. The lowest BCUT2D eigenvalue weighted by Crippen LogP contribution is -2.14. The van der Waals surface area contributed by atoms with Crippen LogP contribution in [0, 0.1) is 6.92 Å². The van der Waals surface area contributed by atoms with E-state index >= 15 is 0 Å². The maximum atomic E-state index is 11.6. The van der Waals surface area contributed by atoms with E-state index in [9.17, 15) is 4.79 Å². The summed E-state index contributed by atoms with van der Waals surface area (Å²) in [6.45, 7) is 4.21. The van der Waals surface area contributed by atoms with E-state index in [1.165, 1.54) is 24.8 Å². The Morgan fingerprint density at radius 1 is 1.35 bits per heavy atom.